The summed E-state index contributed by atoms with van der Waals surface area (Å²) in [5, 5.41) is 0. The third-order valence-corrected chi connectivity index (χ3v) is 2.39. The minimum atomic E-state index is -0.792. The Morgan fingerprint density at radius 1 is 1.38 bits per heavy atom. The Balaban J connectivity index is 2.83. The average Bonchev–Trinajstić information content (AvgIpc) is 2.13. The van der Waals surface area contributed by atoms with Crippen LogP contribution >= 0.6 is 11.6 Å². The molecule has 0 aliphatic heterocycles. The van der Waals surface area contributed by atoms with Crippen LogP contribution < -0.4 is 0 Å². The van der Waals surface area contributed by atoms with E-state index < -0.39 is 11.6 Å². The smallest absolute Gasteiger partial charge is 0.162 e. The van der Waals surface area contributed by atoms with Crippen LogP contribution in [0.1, 0.15) is 12.5 Å². The SMILES string of the molecule is CC(CCl)Cc1cccc(F)c1F. The van der Waals surface area contributed by atoms with E-state index in [2.05, 4.69) is 0 Å². The molecule has 1 aromatic carbocycles. The van der Waals surface area contributed by atoms with Gasteiger partial charge in [0.25, 0.3) is 0 Å². The molecule has 0 fully saturated rings. The molecule has 13 heavy (non-hydrogen) atoms. The van der Waals surface area contributed by atoms with E-state index in [1.807, 2.05) is 6.92 Å². The summed E-state index contributed by atoms with van der Waals surface area (Å²) in [6, 6.07) is 4.21. The van der Waals surface area contributed by atoms with Crippen LogP contribution in [0.2, 0.25) is 0 Å². The zero-order valence-electron chi connectivity index (χ0n) is 7.36. The molecule has 1 aromatic rings. The second-order valence-electron chi connectivity index (χ2n) is 3.18. The summed E-state index contributed by atoms with van der Waals surface area (Å²) in [7, 11) is 0. The summed E-state index contributed by atoms with van der Waals surface area (Å²) in [6.07, 6.45) is 0.479. The second kappa shape index (κ2) is 4.56. The summed E-state index contributed by atoms with van der Waals surface area (Å²) in [4.78, 5) is 0. The lowest BCUT2D eigenvalue weighted by molar-refractivity contribution is 0.490. The molecule has 0 saturated heterocycles. The number of rotatable bonds is 3. The Morgan fingerprint density at radius 3 is 2.69 bits per heavy atom. The van der Waals surface area contributed by atoms with E-state index >= 15 is 0 Å². The van der Waals surface area contributed by atoms with Crippen molar-refractivity contribution in [2.75, 3.05) is 5.88 Å². The molecule has 0 nitrogen and oxygen atoms in total. The Labute approximate surface area is 81.5 Å². The first-order valence-electron chi connectivity index (χ1n) is 4.14. The van der Waals surface area contributed by atoms with E-state index in [1.54, 1.807) is 6.07 Å². The molecule has 3 heteroatoms. The van der Waals surface area contributed by atoms with Crippen molar-refractivity contribution in [2.45, 2.75) is 13.3 Å². The molecular weight excluding hydrogens is 194 g/mol. The van der Waals surface area contributed by atoms with Crippen LogP contribution in [0.3, 0.4) is 0 Å². The molecule has 1 rings (SSSR count). The van der Waals surface area contributed by atoms with Crippen LogP contribution in [0.25, 0.3) is 0 Å². The molecule has 0 aliphatic rings. The molecule has 1 unspecified atom stereocenters. The fraction of sp³-hybridized carbons (Fsp3) is 0.400. The molecule has 72 valence electrons. The van der Waals surface area contributed by atoms with Crippen molar-refractivity contribution in [1.29, 1.82) is 0 Å². The van der Waals surface area contributed by atoms with E-state index in [1.165, 1.54) is 6.07 Å². The molecular formula is C10H11ClF2. The first-order chi connectivity index (χ1) is 6.15. The maximum Gasteiger partial charge on any atom is 0.162 e. The second-order valence-corrected chi connectivity index (χ2v) is 3.49. The normalized spacial score (nSPS) is 12.9. The standard InChI is InChI=1S/C10H11ClF2/c1-7(6-11)5-8-3-2-4-9(12)10(8)13/h2-4,7H,5-6H2,1H3. The molecule has 0 N–H and O–H groups in total. The van der Waals surface area contributed by atoms with Gasteiger partial charge in [-0.05, 0) is 24.0 Å². The highest BCUT2D eigenvalue weighted by Crippen LogP contribution is 2.16. The van der Waals surface area contributed by atoms with Gasteiger partial charge in [-0.15, -0.1) is 11.6 Å². The Bertz CT molecular complexity index is 286. The van der Waals surface area contributed by atoms with Crippen LogP contribution in [-0.4, -0.2) is 5.88 Å². The van der Waals surface area contributed by atoms with Crippen molar-refractivity contribution >= 4 is 11.6 Å². The maximum atomic E-state index is 13.1. The van der Waals surface area contributed by atoms with Crippen LogP contribution in [0.5, 0.6) is 0 Å². The van der Waals surface area contributed by atoms with Gasteiger partial charge in [-0.3, -0.25) is 0 Å². The van der Waals surface area contributed by atoms with Crippen molar-refractivity contribution in [3.05, 3.63) is 35.4 Å². The van der Waals surface area contributed by atoms with E-state index in [0.717, 1.165) is 6.07 Å². The highest BCUT2D eigenvalue weighted by atomic mass is 35.5. The minimum Gasteiger partial charge on any atom is -0.204 e. The quantitative estimate of drug-likeness (QED) is 0.663. The van der Waals surface area contributed by atoms with E-state index in [0.29, 0.717) is 17.9 Å². The molecule has 0 aliphatic carbocycles. The van der Waals surface area contributed by atoms with Gasteiger partial charge in [-0.25, -0.2) is 8.78 Å². The Kier molecular flexibility index (Phi) is 3.67. The zero-order chi connectivity index (χ0) is 9.84. The van der Waals surface area contributed by atoms with Crippen LogP contribution in [0.4, 0.5) is 8.78 Å². The first kappa shape index (κ1) is 10.5. The van der Waals surface area contributed by atoms with E-state index in [9.17, 15) is 8.78 Å². The van der Waals surface area contributed by atoms with E-state index in [-0.39, 0.29) is 5.92 Å². The van der Waals surface area contributed by atoms with Gasteiger partial charge in [0.05, 0.1) is 0 Å². The first-order valence-corrected chi connectivity index (χ1v) is 4.67. The summed E-state index contributed by atoms with van der Waals surface area (Å²) in [6.45, 7) is 1.90. The number of alkyl halides is 1. The van der Waals surface area contributed by atoms with Gasteiger partial charge in [0.15, 0.2) is 11.6 Å². The van der Waals surface area contributed by atoms with E-state index in [4.69, 9.17) is 11.6 Å². The predicted octanol–water partition coefficient (Wildman–Crippen LogP) is 3.38. The summed E-state index contributed by atoms with van der Waals surface area (Å²) in [5.74, 6) is -0.924. The molecule has 1 atom stereocenters. The van der Waals surface area contributed by atoms with Crippen molar-refractivity contribution in [3.63, 3.8) is 0 Å². The van der Waals surface area contributed by atoms with Crippen molar-refractivity contribution in [3.8, 4) is 0 Å². The highest BCUT2D eigenvalue weighted by Gasteiger charge is 2.10. The lowest BCUT2D eigenvalue weighted by Crippen LogP contribution is -2.04. The maximum absolute atomic E-state index is 13.1. The van der Waals surface area contributed by atoms with Gasteiger partial charge in [0, 0.05) is 5.88 Å². The summed E-state index contributed by atoms with van der Waals surface area (Å²) in [5.41, 5.74) is 0.396. The monoisotopic (exact) mass is 204 g/mol. The molecule has 0 amide bonds. The van der Waals surface area contributed by atoms with Gasteiger partial charge in [0.1, 0.15) is 0 Å². The Hall–Kier alpha value is -0.630. The minimum absolute atomic E-state index is 0.165. The van der Waals surface area contributed by atoms with Crippen LogP contribution in [0, 0.1) is 17.6 Å². The van der Waals surface area contributed by atoms with Crippen LogP contribution in [0.15, 0.2) is 18.2 Å². The number of halogens is 3. The average molecular weight is 205 g/mol. The highest BCUT2D eigenvalue weighted by molar-refractivity contribution is 6.18. The largest absolute Gasteiger partial charge is 0.204 e. The lowest BCUT2D eigenvalue weighted by Gasteiger charge is -2.08. The molecule has 0 heterocycles. The van der Waals surface area contributed by atoms with Gasteiger partial charge < -0.3 is 0 Å². The topological polar surface area (TPSA) is 0 Å². The summed E-state index contributed by atoms with van der Waals surface area (Å²) >= 11 is 5.58. The fourth-order valence-electron chi connectivity index (χ4n) is 1.14. The van der Waals surface area contributed by atoms with Gasteiger partial charge >= 0.3 is 0 Å². The van der Waals surface area contributed by atoms with Crippen molar-refractivity contribution in [2.24, 2.45) is 5.92 Å². The zero-order valence-corrected chi connectivity index (χ0v) is 8.11. The third-order valence-electron chi connectivity index (χ3n) is 1.86. The molecule has 0 radical (unpaired) electrons. The molecule has 0 bridgehead atoms. The Morgan fingerprint density at radius 2 is 2.08 bits per heavy atom. The van der Waals surface area contributed by atoms with Crippen molar-refractivity contribution in [1.82, 2.24) is 0 Å². The predicted molar refractivity (Wildman–Crippen MR) is 49.9 cm³/mol. The fourth-order valence-corrected chi connectivity index (χ4v) is 1.25. The molecule has 0 aromatic heterocycles. The van der Waals surface area contributed by atoms with Gasteiger partial charge in [-0.1, -0.05) is 19.1 Å². The number of hydrogen-bond donors (Lipinski definition) is 0. The van der Waals surface area contributed by atoms with Crippen molar-refractivity contribution < 1.29 is 8.78 Å². The van der Waals surface area contributed by atoms with Crippen LogP contribution in [-0.2, 0) is 6.42 Å². The van der Waals surface area contributed by atoms with Gasteiger partial charge in [-0.2, -0.15) is 0 Å². The molecule has 0 saturated carbocycles. The third kappa shape index (κ3) is 2.66. The molecule has 0 spiro atoms. The number of benzene rings is 1. The summed E-state index contributed by atoms with van der Waals surface area (Å²) < 4.78 is 25.8. The lowest BCUT2D eigenvalue weighted by atomic mass is 10.0. The van der Waals surface area contributed by atoms with Gasteiger partial charge in [0.2, 0.25) is 0 Å². The number of hydrogen-bond acceptors (Lipinski definition) is 0.